The van der Waals surface area contributed by atoms with Crippen LogP contribution >= 0.6 is 57.9 Å². The van der Waals surface area contributed by atoms with Gasteiger partial charge in [0.2, 0.25) is 5.82 Å². The molecule has 5 aromatic rings. The number of aromatic nitrogens is 4. The number of carbonyl (C=O) groups is 1. The molecule has 7 nitrogen and oxygen atoms in total. The van der Waals surface area contributed by atoms with E-state index in [1.165, 1.54) is 23.1 Å². The minimum Gasteiger partial charge on any atom is -0.461 e. The first-order valence-electron chi connectivity index (χ1n) is 11.0. The molecule has 2 aromatic carbocycles. The lowest BCUT2D eigenvalue weighted by atomic mass is 10.1. The maximum absolute atomic E-state index is 12.6. The summed E-state index contributed by atoms with van der Waals surface area (Å²) in [6.07, 6.45) is 2.18. The van der Waals surface area contributed by atoms with E-state index in [9.17, 15) is 4.79 Å². The second-order valence-electron chi connectivity index (χ2n) is 7.76. The van der Waals surface area contributed by atoms with E-state index in [1.807, 2.05) is 34.9 Å². The predicted octanol–water partition coefficient (Wildman–Crippen LogP) is 7.21. The van der Waals surface area contributed by atoms with Crippen molar-refractivity contribution >= 4 is 63.8 Å². The number of benzene rings is 2. The monoisotopic (exact) mass is 589 g/mol. The van der Waals surface area contributed by atoms with E-state index in [4.69, 9.17) is 39.2 Å². The van der Waals surface area contributed by atoms with Crippen LogP contribution in [0.1, 0.15) is 21.1 Å². The van der Waals surface area contributed by atoms with Crippen LogP contribution in [0.15, 0.2) is 75.8 Å². The van der Waals surface area contributed by atoms with Gasteiger partial charge in [-0.2, -0.15) is 0 Å². The van der Waals surface area contributed by atoms with Gasteiger partial charge >= 0.3 is 0 Å². The molecule has 0 aliphatic heterocycles. The molecule has 37 heavy (non-hydrogen) atoms. The molecule has 0 atom stereocenters. The van der Waals surface area contributed by atoms with Gasteiger partial charge in [0, 0.05) is 27.0 Å². The molecular formula is C25H18Cl3N5O2S2. The number of nitrogens with zero attached hydrogens (tertiary/aromatic N) is 4. The minimum absolute atomic E-state index is 0.236. The fraction of sp³-hybridized carbons (Fsp3) is 0.120. The Hall–Kier alpha value is -2.82. The molecule has 5 rings (SSSR count). The summed E-state index contributed by atoms with van der Waals surface area (Å²) in [6, 6.07) is 16.4. The van der Waals surface area contributed by atoms with E-state index in [0.29, 0.717) is 56.2 Å². The third-order valence-electron chi connectivity index (χ3n) is 5.25. The molecule has 0 saturated heterocycles. The van der Waals surface area contributed by atoms with E-state index < -0.39 is 0 Å². The van der Waals surface area contributed by atoms with Crippen LogP contribution in [-0.2, 0) is 12.2 Å². The Labute approximate surface area is 235 Å². The lowest BCUT2D eigenvalue weighted by molar-refractivity contribution is 0.0949. The summed E-state index contributed by atoms with van der Waals surface area (Å²) in [4.78, 5) is 17.1. The first kappa shape index (κ1) is 25.8. The lowest BCUT2D eigenvalue weighted by Crippen LogP contribution is -2.26. The van der Waals surface area contributed by atoms with Crippen molar-refractivity contribution in [2.45, 2.75) is 17.3 Å². The number of furan rings is 1. The van der Waals surface area contributed by atoms with E-state index in [1.54, 1.807) is 35.9 Å². The minimum atomic E-state index is -0.236. The highest BCUT2D eigenvalue weighted by molar-refractivity contribution is 7.98. The maximum atomic E-state index is 12.6. The molecule has 0 saturated carbocycles. The lowest BCUT2D eigenvalue weighted by Gasteiger charge is -2.09. The van der Waals surface area contributed by atoms with Crippen molar-refractivity contribution in [1.82, 2.24) is 25.1 Å². The van der Waals surface area contributed by atoms with E-state index in [0.717, 1.165) is 16.3 Å². The summed E-state index contributed by atoms with van der Waals surface area (Å²) in [5, 5.41) is 16.5. The van der Waals surface area contributed by atoms with Gasteiger partial charge in [-0.1, -0.05) is 58.7 Å². The zero-order chi connectivity index (χ0) is 25.8. The van der Waals surface area contributed by atoms with Crippen molar-refractivity contribution in [3.63, 3.8) is 0 Å². The average molecular weight is 591 g/mol. The number of hydrogen-bond donors (Lipinski definition) is 1. The molecule has 0 fully saturated rings. The Bertz CT molecular complexity index is 1540. The molecule has 0 aliphatic carbocycles. The normalized spacial score (nSPS) is 11.1. The first-order chi connectivity index (χ1) is 18.0. The van der Waals surface area contributed by atoms with Crippen molar-refractivity contribution < 1.29 is 9.21 Å². The van der Waals surface area contributed by atoms with Crippen molar-refractivity contribution in [3.8, 4) is 17.3 Å². The number of rotatable bonds is 9. The highest BCUT2D eigenvalue weighted by Gasteiger charge is 2.19. The van der Waals surface area contributed by atoms with Crippen molar-refractivity contribution in [2.75, 3.05) is 6.54 Å². The largest absolute Gasteiger partial charge is 0.461 e. The van der Waals surface area contributed by atoms with Crippen LogP contribution in [0.5, 0.6) is 0 Å². The second kappa shape index (κ2) is 11.7. The van der Waals surface area contributed by atoms with Gasteiger partial charge in [0.05, 0.1) is 17.7 Å². The topological polar surface area (TPSA) is 85.8 Å². The summed E-state index contributed by atoms with van der Waals surface area (Å²) < 4.78 is 7.44. The molecule has 188 valence electrons. The van der Waals surface area contributed by atoms with Gasteiger partial charge in [-0.25, -0.2) is 4.98 Å². The van der Waals surface area contributed by atoms with Gasteiger partial charge in [-0.05, 0) is 54.4 Å². The van der Waals surface area contributed by atoms with Gasteiger partial charge < -0.3 is 9.73 Å². The van der Waals surface area contributed by atoms with Gasteiger partial charge in [0.25, 0.3) is 5.91 Å². The molecule has 0 aliphatic rings. The molecule has 0 spiro atoms. The highest BCUT2D eigenvalue weighted by Crippen LogP contribution is 2.31. The fourth-order valence-electron chi connectivity index (χ4n) is 3.51. The molecule has 1 amide bonds. The molecule has 3 aromatic heterocycles. The van der Waals surface area contributed by atoms with Gasteiger partial charge in [-0.15, -0.1) is 21.5 Å². The zero-order valence-electron chi connectivity index (χ0n) is 19.0. The van der Waals surface area contributed by atoms with Crippen LogP contribution in [0.4, 0.5) is 0 Å². The number of amides is 1. The first-order valence-corrected chi connectivity index (χ1v) is 14.0. The Morgan fingerprint density at radius 2 is 1.92 bits per heavy atom. The van der Waals surface area contributed by atoms with Crippen LogP contribution in [0.25, 0.3) is 17.3 Å². The van der Waals surface area contributed by atoms with Crippen LogP contribution in [0.2, 0.25) is 15.1 Å². The third kappa shape index (κ3) is 6.19. The molecule has 0 unspecified atom stereocenters. The summed E-state index contributed by atoms with van der Waals surface area (Å²) in [6.45, 7) is 0.431. The van der Waals surface area contributed by atoms with E-state index in [2.05, 4.69) is 20.5 Å². The number of carbonyl (C=O) groups excluding carboxylic acids is 1. The van der Waals surface area contributed by atoms with Crippen molar-refractivity contribution in [2.24, 2.45) is 0 Å². The van der Waals surface area contributed by atoms with Gasteiger partial charge in [-0.3, -0.25) is 9.36 Å². The van der Waals surface area contributed by atoms with Crippen LogP contribution < -0.4 is 5.32 Å². The van der Waals surface area contributed by atoms with Crippen LogP contribution in [-0.4, -0.2) is 32.2 Å². The van der Waals surface area contributed by atoms with E-state index >= 15 is 0 Å². The second-order valence-corrected chi connectivity index (χ2v) is 10.9. The molecular weight excluding hydrogens is 573 g/mol. The summed E-state index contributed by atoms with van der Waals surface area (Å²) >= 11 is 21.3. The smallest absolute Gasteiger partial charge is 0.270 e. The van der Waals surface area contributed by atoms with Crippen LogP contribution in [0.3, 0.4) is 0 Å². The highest BCUT2D eigenvalue weighted by atomic mass is 35.5. The predicted molar refractivity (Wildman–Crippen MR) is 148 cm³/mol. The number of thiazole rings is 1. The molecule has 0 radical (unpaired) electrons. The zero-order valence-corrected chi connectivity index (χ0v) is 22.9. The van der Waals surface area contributed by atoms with E-state index in [-0.39, 0.29) is 5.91 Å². The van der Waals surface area contributed by atoms with Crippen LogP contribution in [0, 0.1) is 0 Å². The Balaban J connectivity index is 1.25. The Morgan fingerprint density at radius 3 is 2.70 bits per heavy atom. The SMILES string of the molecule is O=C(NCCc1ccc(Cl)cc1Cl)c1csc(CSc2nnc(-c3ccco3)n2-c2cccc(Cl)c2)n1. The molecule has 1 N–H and O–H groups in total. The molecule has 0 bridgehead atoms. The van der Waals surface area contributed by atoms with Gasteiger partial charge in [0.15, 0.2) is 10.9 Å². The quantitative estimate of drug-likeness (QED) is 0.183. The summed E-state index contributed by atoms with van der Waals surface area (Å²) in [5.41, 5.74) is 2.10. The maximum Gasteiger partial charge on any atom is 0.270 e. The van der Waals surface area contributed by atoms with Gasteiger partial charge in [0.1, 0.15) is 10.7 Å². The summed E-state index contributed by atoms with van der Waals surface area (Å²) in [5.74, 6) is 1.43. The standard InChI is InChI=1S/C25H18Cl3N5O2S2/c26-16-3-1-4-18(11-16)33-23(21-5-2-10-35-21)31-32-25(33)37-14-22-30-20(13-36-22)24(34)29-9-8-15-6-7-17(27)12-19(15)28/h1-7,10-13H,8-9,14H2,(H,29,34). The van der Waals surface area contributed by atoms with Crippen molar-refractivity contribution in [3.05, 3.63) is 97.6 Å². The number of nitrogens with one attached hydrogen (secondary N) is 1. The molecule has 3 heterocycles. The Kier molecular flexibility index (Phi) is 8.17. The number of halogens is 3. The Morgan fingerprint density at radius 1 is 1.05 bits per heavy atom. The average Bonchev–Trinajstić information content (AvgIpc) is 3.64. The fourth-order valence-corrected chi connectivity index (χ4v) is 5.94. The number of thioether (sulfide) groups is 1. The number of hydrogen-bond acceptors (Lipinski definition) is 7. The third-order valence-corrected chi connectivity index (χ3v) is 8.04. The van der Waals surface area contributed by atoms with Crippen molar-refractivity contribution in [1.29, 1.82) is 0 Å². The summed E-state index contributed by atoms with van der Waals surface area (Å²) in [7, 11) is 0. The molecule has 12 heteroatoms.